The number of aryl methyl sites for hydroxylation is 1. The third kappa shape index (κ3) is 2.24. The Morgan fingerprint density at radius 2 is 1.54 bits per heavy atom. The Bertz CT molecular complexity index is 1070. The average molecular weight is 359 g/mol. The first-order valence-electron chi connectivity index (χ1n) is 8.53. The lowest BCUT2D eigenvalue weighted by molar-refractivity contribution is 0.534. The molecule has 128 valence electrons. The lowest BCUT2D eigenvalue weighted by Gasteiger charge is -2.12. The largest absolute Gasteiger partial charge is 0.469 e. The van der Waals surface area contributed by atoms with Crippen LogP contribution >= 0.6 is 11.8 Å². The minimum absolute atomic E-state index is 0.226. The van der Waals surface area contributed by atoms with E-state index in [4.69, 9.17) is 4.42 Å². The molecule has 4 aromatic rings. The molecule has 2 heterocycles. The number of fused-ring (bicyclic) bond motifs is 3. The van der Waals surface area contributed by atoms with Gasteiger partial charge in [-0.2, -0.15) is 0 Å². The van der Waals surface area contributed by atoms with Gasteiger partial charge in [-0.1, -0.05) is 60.3 Å². The van der Waals surface area contributed by atoms with E-state index < -0.39 is 0 Å². The molecule has 0 bridgehead atoms. The van der Waals surface area contributed by atoms with Crippen molar-refractivity contribution in [2.24, 2.45) is 7.05 Å². The van der Waals surface area contributed by atoms with Crippen molar-refractivity contribution >= 4 is 11.8 Å². The van der Waals surface area contributed by atoms with Gasteiger partial charge in [-0.05, 0) is 35.2 Å². The number of hydrogen-bond donors (Lipinski definition) is 0. The molecule has 0 aliphatic heterocycles. The Kier molecular flexibility index (Phi) is 3.50. The average Bonchev–Trinajstić information content (AvgIpc) is 3.33. The molecule has 5 heteroatoms. The highest BCUT2D eigenvalue weighted by Gasteiger charge is 2.30. The summed E-state index contributed by atoms with van der Waals surface area (Å²) in [7, 11) is 2.01. The van der Waals surface area contributed by atoms with Crippen LogP contribution in [0.25, 0.3) is 22.5 Å². The van der Waals surface area contributed by atoms with Crippen molar-refractivity contribution in [3.8, 4) is 22.5 Å². The van der Waals surface area contributed by atoms with E-state index in [2.05, 4.69) is 58.7 Å². The quantitative estimate of drug-likeness (QED) is 0.501. The molecule has 0 atom stereocenters. The van der Waals surface area contributed by atoms with Gasteiger partial charge in [0.1, 0.15) is 5.76 Å². The van der Waals surface area contributed by atoms with E-state index in [0.29, 0.717) is 0 Å². The first-order chi connectivity index (χ1) is 12.7. The molecule has 0 unspecified atom stereocenters. The van der Waals surface area contributed by atoms with E-state index >= 15 is 0 Å². The molecular weight excluding hydrogens is 342 g/mol. The Morgan fingerprint density at radius 1 is 0.885 bits per heavy atom. The Hall–Kier alpha value is -2.79. The molecule has 0 radical (unpaired) electrons. The highest BCUT2D eigenvalue weighted by Crippen LogP contribution is 2.51. The van der Waals surface area contributed by atoms with Gasteiger partial charge in [-0.3, -0.25) is 0 Å². The maximum atomic E-state index is 5.42. The summed E-state index contributed by atoms with van der Waals surface area (Å²) in [5.41, 5.74) is 6.28. The SMILES string of the molecule is Cc1occc1-c1nnc(SC2c3ccccc3-c3ccccc32)n1C. The summed E-state index contributed by atoms with van der Waals surface area (Å²) >= 11 is 1.75. The summed E-state index contributed by atoms with van der Waals surface area (Å²) in [6, 6.07) is 19.2. The van der Waals surface area contributed by atoms with E-state index in [1.807, 2.05) is 24.6 Å². The van der Waals surface area contributed by atoms with Crippen LogP contribution in [0, 0.1) is 6.92 Å². The number of hydrogen-bond acceptors (Lipinski definition) is 4. The van der Waals surface area contributed by atoms with Crippen molar-refractivity contribution in [3.63, 3.8) is 0 Å². The normalized spacial score (nSPS) is 13.0. The Labute approximate surface area is 155 Å². The minimum atomic E-state index is 0.226. The van der Waals surface area contributed by atoms with Crippen molar-refractivity contribution in [3.05, 3.63) is 77.7 Å². The summed E-state index contributed by atoms with van der Waals surface area (Å²) in [5, 5.41) is 9.99. The van der Waals surface area contributed by atoms with Crippen LogP contribution in [-0.2, 0) is 7.05 Å². The Morgan fingerprint density at radius 3 is 2.15 bits per heavy atom. The first-order valence-corrected chi connectivity index (χ1v) is 9.41. The van der Waals surface area contributed by atoms with Crippen LogP contribution in [0.4, 0.5) is 0 Å². The van der Waals surface area contributed by atoms with Gasteiger partial charge in [-0.25, -0.2) is 0 Å². The maximum absolute atomic E-state index is 5.42. The predicted molar refractivity (Wildman–Crippen MR) is 103 cm³/mol. The number of furan rings is 1. The number of thioether (sulfide) groups is 1. The monoisotopic (exact) mass is 359 g/mol. The molecule has 0 fully saturated rings. The van der Waals surface area contributed by atoms with Gasteiger partial charge in [0.05, 0.1) is 17.1 Å². The van der Waals surface area contributed by atoms with E-state index in [0.717, 1.165) is 22.3 Å². The standard InChI is InChI=1S/C21H17N3OS/c1-13-14(11-12-25-13)20-22-23-21(24(20)2)26-19-17-9-5-3-7-15(17)16-8-4-6-10-18(16)19/h3-12,19H,1-2H3. The van der Waals surface area contributed by atoms with Crippen LogP contribution < -0.4 is 0 Å². The number of benzene rings is 2. The van der Waals surface area contributed by atoms with Crippen molar-refractivity contribution in [1.29, 1.82) is 0 Å². The van der Waals surface area contributed by atoms with E-state index in [1.165, 1.54) is 22.3 Å². The second-order valence-corrected chi connectivity index (χ2v) is 7.50. The summed E-state index contributed by atoms with van der Waals surface area (Å²) in [4.78, 5) is 0. The molecule has 4 nitrogen and oxygen atoms in total. The summed E-state index contributed by atoms with van der Waals surface area (Å²) < 4.78 is 7.47. The summed E-state index contributed by atoms with van der Waals surface area (Å²) in [6.45, 7) is 1.94. The van der Waals surface area contributed by atoms with Crippen LogP contribution in [0.5, 0.6) is 0 Å². The molecule has 1 aliphatic carbocycles. The molecule has 1 aliphatic rings. The summed E-state index contributed by atoms with van der Waals surface area (Å²) in [5.74, 6) is 1.69. The number of aromatic nitrogens is 3. The zero-order valence-corrected chi connectivity index (χ0v) is 15.3. The lowest BCUT2D eigenvalue weighted by atomic mass is 10.1. The first kappa shape index (κ1) is 15.5. The van der Waals surface area contributed by atoms with Crippen LogP contribution in [0.2, 0.25) is 0 Å². The zero-order valence-electron chi connectivity index (χ0n) is 14.5. The Balaban J connectivity index is 1.57. The van der Waals surface area contributed by atoms with Crippen LogP contribution in [0.3, 0.4) is 0 Å². The van der Waals surface area contributed by atoms with E-state index in [-0.39, 0.29) is 5.25 Å². The molecule has 5 rings (SSSR count). The van der Waals surface area contributed by atoms with Crippen molar-refractivity contribution in [1.82, 2.24) is 14.8 Å². The third-order valence-corrected chi connectivity index (χ3v) is 6.24. The fourth-order valence-electron chi connectivity index (χ4n) is 3.61. The molecule has 0 N–H and O–H groups in total. The van der Waals surface area contributed by atoms with Crippen molar-refractivity contribution in [2.45, 2.75) is 17.3 Å². The fraction of sp³-hybridized carbons (Fsp3) is 0.143. The molecule has 2 aromatic heterocycles. The van der Waals surface area contributed by atoms with Gasteiger partial charge in [0.15, 0.2) is 11.0 Å². The van der Waals surface area contributed by atoms with E-state index in [9.17, 15) is 0 Å². The zero-order chi connectivity index (χ0) is 17.7. The van der Waals surface area contributed by atoms with Crippen LogP contribution in [0.15, 0.2) is 70.4 Å². The van der Waals surface area contributed by atoms with Gasteiger partial charge in [0, 0.05) is 7.05 Å². The van der Waals surface area contributed by atoms with Crippen LogP contribution in [0.1, 0.15) is 22.1 Å². The maximum Gasteiger partial charge on any atom is 0.192 e. The van der Waals surface area contributed by atoms with Crippen molar-refractivity contribution < 1.29 is 4.42 Å². The number of rotatable bonds is 3. The second kappa shape index (κ2) is 5.88. The molecule has 0 saturated heterocycles. The minimum Gasteiger partial charge on any atom is -0.469 e. The van der Waals surface area contributed by atoms with Gasteiger partial charge >= 0.3 is 0 Å². The molecular formula is C21H17N3OS. The predicted octanol–water partition coefficient (Wildman–Crippen LogP) is 5.25. The highest BCUT2D eigenvalue weighted by atomic mass is 32.2. The lowest BCUT2D eigenvalue weighted by Crippen LogP contribution is -1.98. The van der Waals surface area contributed by atoms with Crippen LogP contribution in [-0.4, -0.2) is 14.8 Å². The third-order valence-electron chi connectivity index (χ3n) is 4.93. The summed E-state index contributed by atoms with van der Waals surface area (Å²) in [6.07, 6.45) is 1.69. The van der Waals surface area contributed by atoms with Gasteiger partial charge < -0.3 is 8.98 Å². The second-order valence-electron chi connectivity index (χ2n) is 6.43. The molecule has 0 amide bonds. The van der Waals surface area contributed by atoms with E-state index in [1.54, 1.807) is 18.0 Å². The van der Waals surface area contributed by atoms with Gasteiger partial charge in [0.25, 0.3) is 0 Å². The van der Waals surface area contributed by atoms with Gasteiger partial charge in [0.2, 0.25) is 0 Å². The molecule has 0 spiro atoms. The fourth-order valence-corrected chi connectivity index (χ4v) is 4.82. The highest BCUT2D eigenvalue weighted by molar-refractivity contribution is 7.99. The van der Waals surface area contributed by atoms with Gasteiger partial charge in [-0.15, -0.1) is 10.2 Å². The molecule has 2 aromatic carbocycles. The smallest absolute Gasteiger partial charge is 0.192 e. The molecule has 0 saturated carbocycles. The topological polar surface area (TPSA) is 43.9 Å². The molecule has 26 heavy (non-hydrogen) atoms. The van der Waals surface area contributed by atoms with Crippen molar-refractivity contribution in [2.75, 3.05) is 0 Å². The number of nitrogens with zero attached hydrogens (tertiary/aromatic N) is 3.